The molecule has 0 amide bonds. The van der Waals surface area contributed by atoms with Crippen LogP contribution in [0.1, 0.15) is 60.0 Å². The van der Waals surface area contributed by atoms with Crippen molar-refractivity contribution in [3.05, 3.63) is 33.2 Å². The first-order valence-corrected chi connectivity index (χ1v) is 5.80. The van der Waals surface area contributed by atoms with Crippen molar-refractivity contribution in [3.8, 4) is 0 Å². The highest BCUT2D eigenvalue weighted by molar-refractivity contribution is 6.00. The number of hydrogen-bond donors (Lipinski definition) is 2. The molecule has 1 heterocycles. The van der Waals surface area contributed by atoms with E-state index in [1.54, 1.807) is 13.8 Å². The van der Waals surface area contributed by atoms with Crippen LogP contribution in [0.25, 0.3) is 0 Å². The summed E-state index contributed by atoms with van der Waals surface area (Å²) >= 11 is 0. The van der Waals surface area contributed by atoms with Gasteiger partial charge in [-0.2, -0.15) is 0 Å². The molecule has 0 atom stereocenters. The van der Waals surface area contributed by atoms with Crippen LogP contribution in [0.4, 0.5) is 0 Å². The molecule has 1 aromatic heterocycles. The summed E-state index contributed by atoms with van der Waals surface area (Å²) in [4.78, 5) is 37.0. The molecule has 5 nitrogen and oxygen atoms in total. The van der Waals surface area contributed by atoms with Gasteiger partial charge in [0.15, 0.2) is 5.78 Å². The van der Waals surface area contributed by atoms with E-state index in [0.717, 1.165) is 0 Å². The third-order valence-electron chi connectivity index (χ3n) is 2.67. The fourth-order valence-corrected chi connectivity index (χ4v) is 1.67. The summed E-state index contributed by atoms with van der Waals surface area (Å²) in [5, 5.41) is 8.91. The lowest BCUT2D eigenvalue weighted by molar-refractivity contribution is 0.0695. The number of H-pyrrole nitrogens is 1. The quantitative estimate of drug-likeness (QED) is 0.801. The van der Waals surface area contributed by atoms with Crippen molar-refractivity contribution >= 4 is 11.8 Å². The Kier molecular flexibility index (Phi) is 4.06. The van der Waals surface area contributed by atoms with Crippen LogP contribution in [-0.2, 0) is 0 Å². The Morgan fingerprint density at radius 3 is 2.11 bits per heavy atom. The second-order valence-electron chi connectivity index (χ2n) is 4.82. The van der Waals surface area contributed by atoms with E-state index in [1.165, 1.54) is 6.07 Å². The van der Waals surface area contributed by atoms with Crippen molar-refractivity contribution in [2.24, 2.45) is 5.92 Å². The number of ketones is 1. The molecule has 0 saturated carbocycles. The fraction of sp³-hybridized carbons (Fsp3) is 0.462. The molecule has 0 fully saturated rings. The smallest absolute Gasteiger partial charge is 0.341 e. The minimum Gasteiger partial charge on any atom is -0.477 e. The van der Waals surface area contributed by atoms with Gasteiger partial charge < -0.3 is 10.1 Å². The second kappa shape index (κ2) is 5.16. The molecule has 0 bridgehead atoms. The highest BCUT2D eigenvalue weighted by Gasteiger charge is 2.21. The third-order valence-corrected chi connectivity index (χ3v) is 2.67. The van der Waals surface area contributed by atoms with Gasteiger partial charge in [-0.3, -0.25) is 9.59 Å². The molecule has 0 unspecified atom stereocenters. The van der Waals surface area contributed by atoms with Gasteiger partial charge in [0.1, 0.15) is 5.56 Å². The standard InChI is InChI=1S/C13H17NO4/c1-6(2)10-8(11(15)7(3)4)5-9(13(17)18)12(16)14-10/h5-7H,1-4H3,(H,14,16)(H,17,18). The van der Waals surface area contributed by atoms with Crippen LogP contribution in [0.3, 0.4) is 0 Å². The predicted octanol–water partition coefficient (Wildman–Crippen LogP) is 2.04. The van der Waals surface area contributed by atoms with Gasteiger partial charge in [0.25, 0.3) is 5.56 Å². The monoisotopic (exact) mass is 251 g/mol. The van der Waals surface area contributed by atoms with Crippen molar-refractivity contribution in [1.82, 2.24) is 4.98 Å². The van der Waals surface area contributed by atoms with E-state index in [4.69, 9.17) is 5.11 Å². The Labute approximate surface area is 105 Å². The molecular formula is C13H17NO4. The maximum absolute atomic E-state index is 12.0. The van der Waals surface area contributed by atoms with E-state index in [2.05, 4.69) is 4.98 Å². The van der Waals surface area contributed by atoms with Crippen molar-refractivity contribution in [2.45, 2.75) is 33.6 Å². The maximum atomic E-state index is 12.0. The van der Waals surface area contributed by atoms with Gasteiger partial charge in [-0.15, -0.1) is 0 Å². The summed E-state index contributed by atoms with van der Waals surface area (Å²) in [7, 11) is 0. The van der Waals surface area contributed by atoms with Gasteiger partial charge in [-0.05, 0) is 12.0 Å². The number of aromatic nitrogens is 1. The van der Waals surface area contributed by atoms with Gasteiger partial charge in [0.05, 0.1) is 0 Å². The lowest BCUT2D eigenvalue weighted by atomic mass is 9.94. The lowest BCUT2D eigenvalue weighted by Crippen LogP contribution is -2.24. The number of carbonyl (C=O) groups excluding carboxylic acids is 1. The third kappa shape index (κ3) is 2.67. The minimum atomic E-state index is -1.33. The molecule has 2 N–H and O–H groups in total. The van der Waals surface area contributed by atoms with Crippen LogP contribution in [0.5, 0.6) is 0 Å². The first kappa shape index (κ1) is 14.2. The van der Waals surface area contributed by atoms with Crippen molar-refractivity contribution in [1.29, 1.82) is 0 Å². The number of aromatic amines is 1. The molecule has 18 heavy (non-hydrogen) atoms. The largest absolute Gasteiger partial charge is 0.477 e. The molecular weight excluding hydrogens is 234 g/mol. The molecule has 5 heteroatoms. The number of aromatic carboxylic acids is 1. The normalized spacial score (nSPS) is 11.0. The Hall–Kier alpha value is -1.91. The lowest BCUT2D eigenvalue weighted by Gasteiger charge is -2.13. The van der Waals surface area contributed by atoms with Crippen molar-refractivity contribution < 1.29 is 14.7 Å². The van der Waals surface area contributed by atoms with E-state index >= 15 is 0 Å². The van der Waals surface area contributed by atoms with Crippen LogP contribution >= 0.6 is 0 Å². The highest BCUT2D eigenvalue weighted by Crippen LogP contribution is 2.19. The van der Waals surface area contributed by atoms with Gasteiger partial charge in [-0.1, -0.05) is 27.7 Å². The number of carboxylic acid groups (broad SMARTS) is 1. The number of rotatable bonds is 4. The van der Waals surface area contributed by atoms with E-state index in [9.17, 15) is 14.4 Å². The number of hydrogen-bond acceptors (Lipinski definition) is 3. The Morgan fingerprint density at radius 2 is 1.72 bits per heavy atom. The molecule has 1 rings (SSSR count). The van der Waals surface area contributed by atoms with E-state index < -0.39 is 17.1 Å². The van der Waals surface area contributed by atoms with E-state index in [1.807, 2.05) is 13.8 Å². The van der Waals surface area contributed by atoms with Gasteiger partial charge >= 0.3 is 5.97 Å². The number of carboxylic acids is 1. The minimum absolute atomic E-state index is 0.0572. The maximum Gasteiger partial charge on any atom is 0.341 e. The average molecular weight is 251 g/mol. The predicted molar refractivity (Wildman–Crippen MR) is 67.3 cm³/mol. The Balaban J connectivity index is 3.55. The summed E-state index contributed by atoms with van der Waals surface area (Å²) in [5.74, 6) is -1.81. The summed E-state index contributed by atoms with van der Waals surface area (Å²) < 4.78 is 0. The first-order chi connectivity index (χ1) is 8.25. The van der Waals surface area contributed by atoms with Gasteiger partial charge in [0.2, 0.25) is 0 Å². The molecule has 0 radical (unpaired) electrons. The van der Waals surface area contributed by atoms with Crippen LogP contribution < -0.4 is 5.56 Å². The number of carbonyl (C=O) groups is 2. The SMILES string of the molecule is CC(C)C(=O)c1cc(C(=O)O)c(=O)[nH]c1C(C)C. The molecule has 1 aromatic rings. The highest BCUT2D eigenvalue weighted by atomic mass is 16.4. The summed E-state index contributed by atoms with van der Waals surface area (Å²) in [5.41, 5.74) is -0.296. The second-order valence-corrected chi connectivity index (χ2v) is 4.82. The summed E-state index contributed by atoms with van der Waals surface area (Å²) in [6.07, 6.45) is 0. The molecule has 0 aromatic carbocycles. The van der Waals surface area contributed by atoms with E-state index in [0.29, 0.717) is 5.69 Å². The topological polar surface area (TPSA) is 87.2 Å². The van der Waals surface area contributed by atoms with Crippen LogP contribution in [-0.4, -0.2) is 21.8 Å². The zero-order valence-corrected chi connectivity index (χ0v) is 10.9. The molecule has 0 aliphatic heterocycles. The van der Waals surface area contributed by atoms with E-state index in [-0.39, 0.29) is 23.2 Å². The number of pyridine rings is 1. The molecule has 0 spiro atoms. The number of Topliss-reactive ketones (excluding diaryl/α,β-unsaturated/α-hetero) is 1. The summed E-state index contributed by atoms with van der Waals surface area (Å²) in [6.45, 7) is 7.14. The zero-order valence-electron chi connectivity index (χ0n) is 10.9. The fourth-order valence-electron chi connectivity index (χ4n) is 1.67. The first-order valence-electron chi connectivity index (χ1n) is 5.80. The van der Waals surface area contributed by atoms with Crippen LogP contribution in [0, 0.1) is 5.92 Å². The zero-order chi connectivity index (χ0) is 14.0. The van der Waals surface area contributed by atoms with Gasteiger partial charge in [0, 0.05) is 17.2 Å². The van der Waals surface area contributed by atoms with Crippen LogP contribution in [0.15, 0.2) is 10.9 Å². The van der Waals surface area contributed by atoms with Gasteiger partial charge in [-0.25, -0.2) is 4.79 Å². The van der Waals surface area contributed by atoms with Crippen molar-refractivity contribution in [2.75, 3.05) is 0 Å². The average Bonchev–Trinajstić information content (AvgIpc) is 2.26. The van der Waals surface area contributed by atoms with Crippen LogP contribution in [0.2, 0.25) is 0 Å². The molecule has 0 saturated heterocycles. The van der Waals surface area contributed by atoms with Crippen molar-refractivity contribution in [3.63, 3.8) is 0 Å². The molecule has 0 aliphatic rings. The number of nitrogens with one attached hydrogen (secondary N) is 1. The summed E-state index contributed by atoms with van der Waals surface area (Å²) in [6, 6.07) is 1.18. The molecule has 0 aliphatic carbocycles. The Morgan fingerprint density at radius 1 is 1.17 bits per heavy atom. The molecule has 98 valence electrons. The Bertz CT molecular complexity index is 540.